The maximum absolute atomic E-state index is 13.8. The molecule has 0 bridgehead atoms. The molecule has 0 amide bonds. The summed E-state index contributed by atoms with van der Waals surface area (Å²) in [5, 5.41) is 13.8. The molecule has 0 radical (unpaired) electrons. The molecule has 0 atom stereocenters. The minimum atomic E-state index is -1.87. The number of hydrogen-bond donors (Lipinski definition) is 1. The number of ether oxygens (including phenoxy) is 8. The molecule has 284 valence electrons. The zero-order chi connectivity index (χ0) is 37.6. The van der Waals surface area contributed by atoms with E-state index < -0.39 is 18.2 Å². The van der Waals surface area contributed by atoms with Crippen LogP contribution in [0, 0.1) is 10.8 Å². The Bertz CT molecular complexity index is 1710. The Morgan fingerprint density at radius 1 is 0.660 bits per heavy atom. The van der Waals surface area contributed by atoms with Gasteiger partial charge in [0.05, 0.1) is 26.4 Å². The number of hydrogen-bond acceptors (Lipinski definition) is 10. The molecule has 2 heterocycles. The summed E-state index contributed by atoms with van der Waals surface area (Å²) in [4.78, 5) is 2.15. The van der Waals surface area contributed by atoms with Gasteiger partial charge in [0.1, 0.15) is 17.1 Å². The van der Waals surface area contributed by atoms with Gasteiger partial charge < -0.3 is 47.9 Å². The number of anilines is 1. The first kappa shape index (κ1) is 38.7. The van der Waals surface area contributed by atoms with E-state index in [1.54, 1.807) is 14.2 Å². The molecule has 2 aliphatic rings. The predicted octanol–water partition coefficient (Wildman–Crippen LogP) is 7.72. The van der Waals surface area contributed by atoms with Gasteiger partial charge in [-0.3, -0.25) is 0 Å². The number of rotatable bonds is 14. The van der Waals surface area contributed by atoms with E-state index in [0.29, 0.717) is 61.2 Å². The molecular formula is C43H53NO9. The fourth-order valence-corrected chi connectivity index (χ4v) is 6.59. The molecular weight excluding hydrogens is 674 g/mol. The summed E-state index contributed by atoms with van der Waals surface area (Å²) in [5.74, 6) is 0.819. The van der Waals surface area contributed by atoms with Crippen molar-refractivity contribution in [2.75, 3.05) is 66.2 Å². The molecule has 10 heteroatoms. The predicted molar refractivity (Wildman–Crippen MR) is 202 cm³/mol. The molecule has 0 aromatic heterocycles. The second-order valence-corrected chi connectivity index (χ2v) is 15.5. The van der Waals surface area contributed by atoms with Crippen molar-refractivity contribution in [3.8, 4) is 11.5 Å². The second-order valence-electron chi connectivity index (χ2n) is 15.5. The standard InChI is InChI=1S/C43H53NO9/c1-41(2)24-48-39(49-25-41)31-16-18-37(52-28-46-6)35(20-31)43(45,33-14-11-15-34(22-33)44(5)23-30-12-9-8-10-13-30)36-21-32(17-19-38(36)53-29-47-7)40-50-26-42(3,4)27-51-40/h8-22,39-40,45H,23-29H2,1-7H3. The van der Waals surface area contributed by atoms with Gasteiger partial charge in [0.15, 0.2) is 26.2 Å². The first-order valence-electron chi connectivity index (χ1n) is 18.0. The summed E-state index contributed by atoms with van der Waals surface area (Å²) in [6.45, 7) is 11.1. The molecule has 0 unspecified atom stereocenters. The van der Waals surface area contributed by atoms with E-state index in [9.17, 15) is 5.11 Å². The SMILES string of the molecule is COCOc1ccc(C2OCC(C)(C)CO2)cc1C(O)(c1cccc(N(C)Cc2ccccc2)c1)c1cc(C2OCC(C)(C)CO2)ccc1OCOC. The van der Waals surface area contributed by atoms with Gasteiger partial charge in [-0.15, -0.1) is 0 Å². The topological polar surface area (TPSA) is 97.3 Å². The van der Waals surface area contributed by atoms with Crippen LogP contribution in [0.4, 0.5) is 5.69 Å². The van der Waals surface area contributed by atoms with Gasteiger partial charge in [0.2, 0.25) is 0 Å². The normalized spacial score (nSPS) is 17.7. The average molecular weight is 728 g/mol. The third-order valence-corrected chi connectivity index (χ3v) is 9.46. The van der Waals surface area contributed by atoms with E-state index in [-0.39, 0.29) is 24.4 Å². The minimum absolute atomic E-state index is 0.0422. The Morgan fingerprint density at radius 3 is 1.62 bits per heavy atom. The molecule has 10 nitrogen and oxygen atoms in total. The van der Waals surface area contributed by atoms with Crippen molar-refractivity contribution in [1.82, 2.24) is 0 Å². The fourth-order valence-electron chi connectivity index (χ4n) is 6.59. The molecule has 53 heavy (non-hydrogen) atoms. The van der Waals surface area contributed by atoms with Crippen molar-refractivity contribution >= 4 is 5.69 Å². The van der Waals surface area contributed by atoms with E-state index in [2.05, 4.69) is 44.7 Å². The van der Waals surface area contributed by atoms with Gasteiger partial charge in [0.25, 0.3) is 0 Å². The number of benzene rings is 4. The summed E-state index contributed by atoms with van der Waals surface area (Å²) in [6, 6.07) is 29.3. The number of aliphatic hydroxyl groups is 1. The van der Waals surface area contributed by atoms with Crippen molar-refractivity contribution in [1.29, 1.82) is 0 Å². The van der Waals surface area contributed by atoms with E-state index in [1.807, 2.05) is 85.9 Å². The number of methoxy groups -OCH3 is 2. The third-order valence-electron chi connectivity index (χ3n) is 9.46. The van der Waals surface area contributed by atoms with Crippen molar-refractivity contribution in [2.45, 2.75) is 52.4 Å². The first-order valence-corrected chi connectivity index (χ1v) is 18.0. The largest absolute Gasteiger partial charge is 0.467 e. The summed E-state index contributed by atoms with van der Waals surface area (Å²) < 4.78 is 48.0. The summed E-state index contributed by atoms with van der Waals surface area (Å²) in [7, 11) is 5.15. The van der Waals surface area contributed by atoms with Crippen LogP contribution in [0.25, 0.3) is 0 Å². The van der Waals surface area contributed by atoms with Gasteiger partial charge in [-0.25, -0.2) is 0 Å². The molecule has 4 aromatic carbocycles. The highest BCUT2D eigenvalue weighted by molar-refractivity contribution is 5.61. The summed E-state index contributed by atoms with van der Waals surface area (Å²) >= 11 is 0. The molecule has 0 saturated carbocycles. The third kappa shape index (κ3) is 9.04. The van der Waals surface area contributed by atoms with Crippen LogP contribution in [0.5, 0.6) is 11.5 Å². The zero-order valence-corrected chi connectivity index (χ0v) is 31.9. The van der Waals surface area contributed by atoms with Gasteiger partial charge in [-0.1, -0.05) is 82.3 Å². The van der Waals surface area contributed by atoms with Crippen LogP contribution >= 0.6 is 0 Å². The van der Waals surface area contributed by atoms with Crippen LogP contribution < -0.4 is 14.4 Å². The fraction of sp³-hybridized carbons (Fsp3) is 0.442. The Labute approximate surface area is 313 Å². The molecule has 2 saturated heterocycles. The lowest BCUT2D eigenvalue weighted by atomic mass is 9.78. The van der Waals surface area contributed by atoms with Crippen molar-refractivity contribution < 1.29 is 43.0 Å². The highest BCUT2D eigenvalue weighted by atomic mass is 16.7. The quantitative estimate of drug-likeness (QED) is 0.103. The highest BCUT2D eigenvalue weighted by Gasteiger charge is 2.42. The maximum Gasteiger partial charge on any atom is 0.188 e. The van der Waals surface area contributed by atoms with Crippen molar-refractivity contribution in [3.05, 3.63) is 124 Å². The van der Waals surface area contributed by atoms with E-state index in [1.165, 1.54) is 0 Å². The summed E-state index contributed by atoms with van der Waals surface area (Å²) in [5.41, 5.74) is 2.86. The van der Waals surface area contributed by atoms with Crippen LogP contribution in [0.3, 0.4) is 0 Å². The molecule has 4 aromatic rings. The Morgan fingerprint density at radius 2 is 1.15 bits per heavy atom. The summed E-state index contributed by atoms with van der Waals surface area (Å²) in [6.07, 6.45) is -1.29. The second kappa shape index (κ2) is 16.6. The van der Waals surface area contributed by atoms with E-state index in [0.717, 1.165) is 22.4 Å². The molecule has 1 N–H and O–H groups in total. The Balaban J connectivity index is 1.55. The molecule has 2 aliphatic heterocycles. The van der Waals surface area contributed by atoms with Crippen LogP contribution in [0.2, 0.25) is 0 Å². The Hall–Kier alpha value is -4.00. The molecule has 6 rings (SSSR count). The lowest BCUT2D eigenvalue weighted by molar-refractivity contribution is -0.226. The maximum atomic E-state index is 13.8. The monoisotopic (exact) mass is 727 g/mol. The average Bonchev–Trinajstić information content (AvgIpc) is 3.16. The lowest BCUT2D eigenvalue weighted by Gasteiger charge is -2.37. The van der Waals surface area contributed by atoms with Gasteiger partial charge in [0, 0.05) is 66.6 Å². The zero-order valence-electron chi connectivity index (χ0n) is 31.9. The minimum Gasteiger partial charge on any atom is -0.467 e. The van der Waals surface area contributed by atoms with Crippen LogP contribution in [-0.2, 0) is 40.6 Å². The van der Waals surface area contributed by atoms with Gasteiger partial charge >= 0.3 is 0 Å². The smallest absolute Gasteiger partial charge is 0.188 e. The highest BCUT2D eigenvalue weighted by Crippen LogP contribution is 2.48. The van der Waals surface area contributed by atoms with Crippen LogP contribution in [0.1, 0.15) is 73.7 Å². The van der Waals surface area contributed by atoms with Gasteiger partial charge in [-0.05, 0) is 47.5 Å². The molecule has 0 spiro atoms. The molecule has 2 fully saturated rings. The Kier molecular flexibility index (Phi) is 12.1. The van der Waals surface area contributed by atoms with Crippen molar-refractivity contribution in [2.24, 2.45) is 10.8 Å². The molecule has 0 aliphatic carbocycles. The van der Waals surface area contributed by atoms with Crippen molar-refractivity contribution in [3.63, 3.8) is 0 Å². The first-order chi connectivity index (χ1) is 25.4. The lowest BCUT2D eigenvalue weighted by Crippen LogP contribution is -2.35. The van der Waals surface area contributed by atoms with Crippen LogP contribution in [-0.4, -0.2) is 66.4 Å². The van der Waals surface area contributed by atoms with Gasteiger partial charge in [-0.2, -0.15) is 0 Å². The number of nitrogens with zero attached hydrogens (tertiary/aromatic N) is 1. The van der Waals surface area contributed by atoms with E-state index in [4.69, 9.17) is 37.9 Å². The van der Waals surface area contributed by atoms with E-state index >= 15 is 0 Å². The van der Waals surface area contributed by atoms with Crippen LogP contribution in [0.15, 0.2) is 91.0 Å².